The molecule has 2 aliphatic rings. The molecular formula is C19H23N5O. The lowest BCUT2D eigenvalue weighted by atomic mass is 10.1. The fourth-order valence-corrected chi connectivity index (χ4v) is 3.66. The average Bonchev–Trinajstić information content (AvgIpc) is 3.25. The van der Waals surface area contributed by atoms with Crippen molar-refractivity contribution in [2.75, 3.05) is 19.6 Å². The second kappa shape index (κ2) is 6.26. The fourth-order valence-electron chi connectivity index (χ4n) is 3.66. The fraction of sp³-hybridized carbons (Fsp3) is 0.526. The summed E-state index contributed by atoms with van der Waals surface area (Å²) in [6.07, 6.45) is 8.34. The number of nitrogens with zero attached hydrogens (tertiary/aromatic N) is 5. The first kappa shape index (κ1) is 15.1. The first-order valence-electron chi connectivity index (χ1n) is 9.38. The monoisotopic (exact) mass is 337 g/mol. The Kier molecular flexibility index (Phi) is 3.77. The van der Waals surface area contributed by atoms with Crippen LogP contribution in [0.4, 0.5) is 0 Å². The zero-order chi connectivity index (χ0) is 16.6. The quantitative estimate of drug-likeness (QED) is 0.714. The lowest BCUT2D eigenvalue weighted by Crippen LogP contribution is -2.32. The third kappa shape index (κ3) is 3.06. The number of likely N-dealkylation sites (tertiary alicyclic amines) is 1. The highest BCUT2D eigenvalue weighted by atomic mass is 16.5. The van der Waals surface area contributed by atoms with Crippen molar-refractivity contribution in [2.45, 2.75) is 44.6 Å². The zero-order valence-corrected chi connectivity index (χ0v) is 14.4. The molecule has 1 saturated carbocycles. The van der Waals surface area contributed by atoms with Gasteiger partial charge in [0.2, 0.25) is 11.7 Å². The third-order valence-corrected chi connectivity index (χ3v) is 5.35. The van der Waals surface area contributed by atoms with E-state index in [9.17, 15) is 0 Å². The summed E-state index contributed by atoms with van der Waals surface area (Å²) >= 11 is 0. The topological polar surface area (TPSA) is 60.0 Å². The summed E-state index contributed by atoms with van der Waals surface area (Å²) in [4.78, 5) is 11.7. The number of piperidine rings is 1. The molecule has 0 bridgehead atoms. The smallest absolute Gasteiger partial charge is 0.230 e. The Morgan fingerprint density at radius 3 is 2.80 bits per heavy atom. The molecule has 25 heavy (non-hydrogen) atoms. The summed E-state index contributed by atoms with van der Waals surface area (Å²) in [5, 5.41) is 4.13. The number of rotatable bonds is 5. The minimum Gasteiger partial charge on any atom is -0.339 e. The average molecular weight is 337 g/mol. The van der Waals surface area contributed by atoms with E-state index >= 15 is 0 Å². The molecule has 2 aromatic heterocycles. The summed E-state index contributed by atoms with van der Waals surface area (Å²) in [6.45, 7) is 4.56. The van der Waals surface area contributed by atoms with Crippen molar-refractivity contribution in [1.82, 2.24) is 24.6 Å². The minimum atomic E-state index is 0.485. The van der Waals surface area contributed by atoms with Crippen molar-refractivity contribution in [2.24, 2.45) is 0 Å². The third-order valence-electron chi connectivity index (χ3n) is 5.35. The van der Waals surface area contributed by atoms with Crippen LogP contribution in [0, 0.1) is 0 Å². The number of hydrogen-bond donors (Lipinski definition) is 0. The normalized spacial score (nSPS) is 18.9. The van der Waals surface area contributed by atoms with Gasteiger partial charge in [-0.2, -0.15) is 4.98 Å². The van der Waals surface area contributed by atoms with Crippen molar-refractivity contribution in [3.05, 3.63) is 30.4 Å². The van der Waals surface area contributed by atoms with Gasteiger partial charge in [0, 0.05) is 24.6 Å². The minimum absolute atomic E-state index is 0.485. The molecule has 1 aliphatic carbocycles. The predicted octanol–water partition coefficient (Wildman–Crippen LogP) is 3.45. The molecule has 6 nitrogen and oxygen atoms in total. The zero-order valence-electron chi connectivity index (χ0n) is 14.4. The molecule has 0 amide bonds. The first-order chi connectivity index (χ1) is 12.4. The van der Waals surface area contributed by atoms with Gasteiger partial charge in [-0.1, -0.05) is 11.6 Å². The second-order valence-electron chi connectivity index (χ2n) is 7.27. The molecule has 0 atom stereocenters. The van der Waals surface area contributed by atoms with Crippen molar-refractivity contribution in [3.8, 4) is 11.4 Å². The van der Waals surface area contributed by atoms with E-state index in [2.05, 4.69) is 42.8 Å². The van der Waals surface area contributed by atoms with Crippen molar-refractivity contribution >= 4 is 11.0 Å². The van der Waals surface area contributed by atoms with E-state index in [1.807, 2.05) is 6.33 Å². The van der Waals surface area contributed by atoms with Crippen LogP contribution in [0.3, 0.4) is 0 Å². The maximum absolute atomic E-state index is 5.37. The molecule has 1 aromatic carbocycles. The second-order valence-corrected chi connectivity index (χ2v) is 7.27. The van der Waals surface area contributed by atoms with E-state index in [0.717, 1.165) is 30.1 Å². The van der Waals surface area contributed by atoms with E-state index in [4.69, 9.17) is 4.52 Å². The first-order valence-corrected chi connectivity index (χ1v) is 9.38. The highest BCUT2D eigenvalue weighted by Gasteiger charge is 2.29. The molecule has 1 aliphatic heterocycles. The molecule has 3 aromatic rings. The molecule has 6 heteroatoms. The van der Waals surface area contributed by atoms with Crippen molar-refractivity contribution in [3.63, 3.8) is 0 Å². The molecule has 2 fully saturated rings. The number of benzene rings is 1. The van der Waals surface area contributed by atoms with Gasteiger partial charge in [-0.3, -0.25) is 0 Å². The van der Waals surface area contributed by atoms with Gasteiger partial charge in [0.05, 0.1) is 17.4 Å². The van der Waals surface area contributed by atoms with Crippen LogP contribution in [0.2, 0.25) is 0 Å². The van der Waals surface area contributed by atoms with E-state index in [1.54, 1.807) is 0 Å². The van der Waals surface area contributed by atoms with E-state index in [0.29, 0.717) is 11.7 Å². The maximum Gasteiger partial charge on any atom is 0.230 e. The van der Waals surface area contributed by atoms with Gasteiger partial charge in [0.1, 0.15) is 0 Å². The van der Waals surface area contributed by atoms with Crippen LogP contribution < -0.4 is 0 Å². The standard InChI is InChI=1S/C19H23N5O/c1-2-8-23(9-3-1)10-11-24-13-20-16-12-15(6-7-17(16)24)18-21-19(25-22-18)14-4-5-14/h6-7,12-14H,1-5,8-11H2. The Balaban J connectivity index is 1.34. The van der Waals surface area contributed by atoms with Crippen LogP contribution in [0.5, 0.6) is 0 Å². The van der Waals surface area contributed by atoms with Gasteiger partial charge in [0.25, 0.3) is 0 Å². The van der Waals surface area contributed by atoms with Crippen molar-refractivity contribution < 1.29 is 4.52 Å². The number of imidazole rings is 1. The number of fused-ring (bicyclic) bond motifs is 1. The Hall–Kier alpha value is -2.21. The van der Waals surface area contributed by atoms with Gasteiger partial charge < -0.3 is 14.0 Å². The van der Waals surface area contributed by atoms with Crippen LogP contribution in [0.1, 0.15) is 43.9 Å². The molecule has 0 radical (unpaired) electrons. The van der Waals surface area contributed by atoms with Gasteiger partial charge >= 0.3 is 0 Å². The van der Waals surface area contributed by atoms with Crippen LogP contribution in [0.15, 0.2) is 29.0 Å². The Morgan fingerprint density at radius 1 is 1.08 bits per heavy atom. The van der Waals surface area contributed by atoms with Crippen LogP contribution in [-0.2, 0) is 6.54 Å². The summed E-state index contributed by atoms with van der Waals surface area (Å²) in [5.74, 6) is 1.94. The summed E-state index contributed by atoms with van der Waals surface area (Å²) in [6, 6.07) is 6.26. The molecule has 1 saturated heterocycles. The molecule has 3 heterocycles. The lowest BCUT2D eigenvalue weighted by Gasteiger charge is -2.26. The van der Waals surface area contributed by atoms with E-state index in [-0.39, 0.29) is 0 Å². The SMILES string of the molecule is c1cc2c(cc1-c1noc(C3CC3)n1)ncn2CCN1CCCCC1. The van der Waals surface area contributed by atoms with Crippen LogP contribution >= 0.6 is 0 Å². The van der Waals surface area contributed by atoms with Crippen molar-refractivity contribution in [1.29, 1.82) is 0 Å². The molecule has 0 unspecified atom stereocenters. The van der Waals surface area contributed by atoms with Gasteiger partial charge in [-0.05, 0) is 57.0 Å². The lowest BCUT2D eigenvalue weighted by molar-refractivity contribution is 0.221. The van der Waals surface area contributed by atoms with E-state index in [1.165, 1.54) is 50.7 Å². The summed E-state index contributed by atoms with van der Waals surface area (Å²) in [5.41, 5.74) is 3.14. The van der Waals surface area contributed by atoms with Gasteiger partial charge in [-0.25, -0.2) is 4.98 Å². The van der Waals surface area contributed by atoms with Crippen LogP contribution in [-0.4, -0.2) is 44.2 Å². The van der Waals surface area contributed by atoms with Crippen LogP contribution in [0.25, 0.3) is 22.4 Å². The number of hydrogen-bond acceptors (Lipinski definition) is 5. The molecule has 0 spiro atoms. The Bertz CT molecular complexity index is 873. The largest absolute Gasteiger partial charge is 0.339 e. The van der Waals surface area contributed by atoms with E-state index < -0.39 is 0 Å². The summed E-state index contributed by atoms with van der Waals surface area (Å²) < 4.78 is 7.62. The predicted molar refractivity (Wildman–Crippen MR) is 95.3 cm³/mol. The number of aromatic nitrogens is 4. The molecule has 5 rings (SSSR count). The summed E-state index contributed by atoms with van der Waals surface area (Å²) in [7, 11) is 0. The highest BCUT2D eigenvalue weighted by Crippen LogP contribution is 2.39. The van der Waals surface area contributed by atoms with Gasteiger partial charge in [-0.15, -0.1) is 0 Å². The Morgan fingerprint density at radius 2 is 1.96 bits per heavy atom. The molecule has 0 N–H and O–H groups in total. The molecular weight excluding hydrogens is 314 g/mol. The molecule has 130 valence electrons. The highest BCUT2D eigenvalue weighted by molar-refractivity contribution is 5.80. The maximum atomic E-state index is 5.37. The Labute approximate surface area is 146 Å². The van der Waals surface area contributed by atoms with Gasteiger partial charge in [0.15, 0.2) is 0 Å².